The number of amides is 1. The maximum Gasteiger partial charge on any atom is 0.432 e. The quantitative estimate of drug-likeness (QED) is 0.493. The molecule has 0 radical (unpaired) electrons. The van der Waals surface area contributed by atoms with Crippen molar-refractivity contribution >= 4 is 17.0 Å². The lowest BCUT2D eigenvalue weighted by molar-refractivity contribution is 0.0856. The molecule has 33 heavy (non-hydrogen) atoms. The minimum absolute atomic E-state index is 0.233. The number of hydrogen-bond acceptors (Lipinski definition) is 6. The topological polar surface area (TPSA) is 91.2 Å². The summed E-state index contributed by atoms with van der Waals surface area (Å²) in [6, 6.07) is 9.97. The molecule has 3 aromatic heterocycles. The number of aromatic nitrogens is 4. The summed E-state index contributed by atoms with van der Waals surface area (Å²) in [5.41, 5.74) is 5.52. The van der Waals surface area contributed by atoms with E-state index in [-0.39, 0.29) is 17.5 Å². The molecule has 1 aliphatic heterocycles. The van der Waals surface area contributed by atoms with Gasteiger partial charge in [-0.15, -0.1) is 0 Å². The SMILES string of the molecule is Cc1nc(-c2ccccn2)ncc1OC(=O)Nn1cc(C2CCOCC2)c2cc(F)ccc21. The molecule has 1 amide bonds. The molecule has 5 rings (SSSR count). The third-order valence-corrected chi connectivity index (χ3v) is 5.70. The summed E-state index contributed by atoms with van der Waals surface area (Å²) >= 11 is 0. The van der Waals surface area contributed by atoms with Gasteiger partial charge < -0.3 is 9.47 Å². The van der Waals surface area contributed by atoms with Gasteiger partial charge in [0.15, 0.2) is 11.6 Å². The lowest BCUT2D eigenvalue weighted by atomic mass is 9.91. The molecule has 0 saturated carbocycles. The summed E-state index contributed by atoms with van der Waals surface area (Å²) in [7, 11) is 0. The number of nitrogens with zero attached hydrogens (tertiary/aromatic N) is 4. The van der Waals surface area contributed by atoms with Crippen molar-refractivity contribution in [2.24, 2.45) is 0 Å². The van der Waals surface area contributed by atoms with Crippen LogP contribution in [0.25, 0.3) is 22.4 Å². The van der Waals surface area contributed by atoms with Crippen molar-refractivity contribution in [1.29, 1.82) is 0 Å². The fraction of sp³-hybridized carbons (Fsp3) is 0.250. The molecule has 0 bridgehead atoms. The van der Waals surface area contributed by atoms with Gasteiger partial charge in [0, 0.05) is 31.0 Å². The maximum absolute atomic E-state index is 14.0. The summed E-state index contributed by atoms with van der Waals surface area (Å²) in [4.78, 5) is 25.5. The van der Waals surface area contributed by atoms with Gasteiger partial charge in [0.25, 0.3) is 0 Å². The number of nitrogens with one attached hydrogen (secondary N) is 1. The third kappa shape index (κ3) is 4.40. The molecule has 8 nitrogen and oxygen atoms in total. The molecular weight excluding hydrogens is 425 g/mol. The molecule has 4 heterocycles. The fourth-order valence-corrected chi connectivity index (χ4v) is 4.05. The number of carbonyl (C=O) groups excluding carboxylic acids is 1. The van der Waals surface area contributed by atoms with Crippen LogP contribution in [0.5, 0.6) is 5.75 Å². The number of rotatable bonds is 4. The first-order valence-electron chi connectivity index (χ1n) is 10.7. The molecule has 1 aromatic carbocycles. The zero-order valence-electron chi connectivity index (χ0n) is 18.0. The van der Waals surface area contributed by atoms with Gasteiger partial charge in [0.05, 0.1) is 17.4 Å². The van der Waals surface area contributed by atoms with Crippen molar-refractivity contribution in [2.45, 2.75) is 25.7 Å². The van der Waals surface area contributed by atoms with E-state index in [1.54, 1.807) is 29.9 Å². The summed E-state index contributed by atoms with van der Waals surface area (Å²) in [5.74, 6) is 0.591. The summed E-state index contributed by atoms with van der Waals surface area (Å²) in [5, 5.41) is 0.765. The molecule has 1 fully saturated rings. The Morgan fingerprint density at radius 1 is 1.21 bits per heavy atom. The number of pyridine rings is 1. The Hall–Kier alpha value is -3.85. The monoisotopic (exact) mass is 447 g/mol. The first-order chi connectivity index (χ1) is 16.1. The molecule has 168 valence electrons. The van der Waals surface area contributed by atoms with Gasteiger partial charge in [-0.3, -0.25) is 9.66 Å². The van der Waals surface area contributed by atoms with E-state index in [4.69, 9.17) is 9.47 Å². The number of carbonyl (C=O) groups is 1. The van der Waals surface area contributed by atoms with Crippen LogP contribution >= 0.6 is 0 Å². The van der Waals surface area contributed by atoms with Crippen LogP contribution in [0.4, 0.5) is 9.18 Å². The Balaban J connectivity index is 1.37. The summed E-state index contributed by atoms with van der Waals surface area (Å²) in [6.45, 7) is 3.06. The van der Waals surface area contributed by atoms with Gasteiger partial charge in [-0.2, -0.15) is 0 Å². The number of benzene rings is 1. The standard InChI is InChI=1S/C24H22FN5O3/c1-15-22(13-27-23(28-15)20-4-2-3-9-26-20)33-24(31)29-30-14-19(16-7-10-32-11-8-16)18-12-17(25)5-6-21(18)30/h2-6,9,12-14,16H,7-8,10-11H2,1H3,(H,29,31). The summed E-state index contributed by atoms with van der Waals surface area (Å²) in [6.07, 6.45) is 5.93. The van der Waals surface area contributed by atoms with E-state index in [1.807, 2.05) is 18.3 Å². The number of aryl methyl sites for hydroxylation is 1. The van der Waals surface area contributed by atoms with Crippen molar-refractivity contribution in [2.75, 3.05) is 18.6 Å². The second kappa shape index (κ2) is 8.95. The predicted octanol–water partition coefficient (Wildman–Crippen LogP) is 4.58. The first kappa shape index (κ1) is 21.0. The van der Waals surface area contributed by atoms with E-state index in [1.165, 1.54) is 18.3 Å². The van der Waals surface area contributed by atoms with E-state index in [9.17, 15) is 9.18 Å². The second-order valence-corrected chi connectivity index (χ2v) is 7.86. The first-order valence-corrected chi connectivity index (χ1v) is 10.7. The number of halogens is 1. The smallest absolute Gasteiger partial charge is 0.406 e. The average Bonchev–Trinajstić information content (AvgIpc) is 3.18. The van der Waals surface area contributed by atoms with E-state index < -0.39 is 6.09 Å². The Morgan fingerprint density at radius 2 is 2.06 bits per heavy atom. The third-order valence-electron chi connectivity index (χ3n) is 5.70. The molecule has 1 saturated heterocycles. The molecule has 9 heteroatoms. The van der Waals surface area contributed by atoms with Gasteiger partial charge in [-0.25, -0.2) is 24.6 Å². The van der Waals surface area contributed by atoms with Gasteiger partial charge in [0.2, 0.25) is 0 Å². The second-order valence-electron chi connectivity index (χ2n) is 7.86. The highest BCUT2D eigenvalue weighted by Gasteiger charge is 2.22. The average molecular weight is 447 g/mol. The molecule has 4 aromatic rings. The van der Waals surface area contributed by atoms with Crippen molar-refractivity contribution < 1.29 is 18.7 Å². The van der Waals surface area contributed by atoms with Crippen LogP contribution in [0.2, 0.25) is 0 Å². The Kier molecular flexibility index (Phi) is 5.70. The molecule has 1 N–H and O–H groups in total. The Bertz CT molecular complexity index is 1300. The lowest BCUT2D eigenvalue weighted by Gasteiger charge is -2.21. The number of ether oxygens (including phenoxy) is 2. The Morgan fingerprint density at radius 3 is 2.82 bits per heavy atom. The molecule has 1 aliphatic rings. The van der Waals surface area contributed by atoms with Crippen LogP contribution in [-0.2, 0) is 4.74 Å². The highest BCUT2D eigenvalue weighted by atomic mass is 19.1. The van der Waals surface area contributed by atoms with Crippen molar-refractivity contribution in [3.63, 3.8) is 0 Å². The Labute approximate surface area is 189 Å². The summed E-state index contributed by atoms with van der Waals surface area (Å²) < 4.78 is 26.5. The highest BCUT2D eigenvalue weighted by Crippen LogP contribution is 2.34. The maximum atomic E-state index is 14.0. The zero-order chi connectivity index (χ0) is 22.8. The van der Waals surface area contributed by atoms with E-state index in [2.05, 4.69) is 20.4 Å². The van der Waals surface area contributed by atoms with Crippen LogP contribution in [0.1, 0.15) is 30.0 Å². The number of hydrogen-bond donors (Lipinski definition) is 1. The molecule has 0 atom stereocenters. The van der Waals surface area contributed by atoms with Crippen molar-refractivity contribution in [1.82, 2.24) is 19.6 Å². The van der Waals surface area contributed by atoms with Gasteiger partial charge in [0.1, 0.15) is 11.5 Å². The van der Waals surface area contributed by atoms with Crippen LogP contribution < -0.4 is 10.2 Å². The lowest BCUT2D eigenvalue weighted by Crippen LogP contribution is -2.25. The van der Waals surface area contributed by atoms with E-state index >= 15 is 0 Å². The van der Waals surface area contributed by atoms with Crippen LogP contribution in [0.15, 0.2) is 55.0 Å². The van der Waals surface area contributed by atoms with Crippen molar-refractivity contribution in [3.05, 3.63) is 72.1 Å². The minimum Gasteiger partial charge on any atom is -0.406 e. The fourth-order valence-electron chi connectivity index (χ4n) is 4.05. The van der Waals surface area contributed by atoms with Gasteiger partial charge in [-0.1, -0.05) is 6.07 Å². The van der Waals surface area contributed by atoms with Gasteiger partial charge >= 0.3 is 6.09 Å². The van der Waals surface area contributed by atoms with E-state index in [0.717, 1.165) is 23.8 Å². The predicted molar refractivity (Wildman–Crippen MR) is 120 cm³/mol. The normalized spacial score (nSPS) is 14.4. The number of fused-ring (bicyclic) bond motifs is 1. The van der Waals surface area contributed by atoms with E-state index in [0.29, 0.717) is 35.9 Å². The van der Waals surface area contributed by atoms with Gasteiger partial charge in [-0.05, 0) is 61.6 Å². The van der Waals surface area contributed by atoms with Crippen LogP contribution in [0, 0.1) is 12.7 Å². The molecule has 0 spiro atoms. The van der Waals surface area contributed by atoms with Crippen LogP contribution in [-0.4, -0.2) is 38.9 Å². The minimum atomic E-state index is -0.702. The zero-order valence-corrected chi connectivity index (χ0v) is 18.0. The molecule has 0 aliphatic carbocycles. The highest BCUT2D eigenvalue weighted by molar-refractivity contribution is 5.88. The molecular formula is C24H22FN5O3. The van der Waals surface area contributed by atoms with Crippen molar-refractivity contribution in [3.8, 4) is 17.3 Å². The largest absolute Gasteiger partial charge is 0.432 e. The molecule has 0 unspecified atom stereocenters. The van der Waals surface area contributed by atoms with Crippen LogP contribution in [0.3, 0.4) is 0 Å².